The highest BCUT2D eigenvalue weighted by Crippen LogP contribution is 2.22. The number of piperazine rings is 1. The maximum Gasteiger partial charge on any atom is 0.0483 e. The fourth-order valence-electron chi connectivity index (χ4n) is 2.81. The Morgan fingerprint density at radius 3 is 2.44 bits per heavy atom. The van der Waals surface area contributed by atoms with Gasteiger partial charge in [-0.15, -0.1) is 0 Å². The Morgan fingerprint density at radius 2 is 1.83 bits per heavy atom. The molecule has 0 saturated carbocycles. The van der Waals surface area contributed by atoms with Crippen LogP contribution in [-0.2, 0) is 4.74 Å². The average molecular weight is 255 g/mol. The van der Waals surface area contributed by atoms with Gasteiger partial charge in [0.15, 0.2) is 0 Å². The van der Waals surface area contributed by atoms with E-state index in [0.717, 1.165) is 58.8 Å². The van der Waals surface area contributed by atoms with Crippen molar-refractivity contribution in [3.8, 4) is 0 Å². The molecule has 2 fully saturated rings. The predicted octanol–water partition coefficient (Wildman–Crippen LogP) is 0.829. The van der Waals surface area contributed by atoms with Crippen molar-refractivity contribution in [2.75, 3.05) is 45.9 Å². The summed E-state index contributed by atoms with van der Waals surface area (Å²) in [5, 5.41) is 7.21. The molecule has 18 heavy (non-hydrogen) atoms. The molecule has 0 amide bonds. The Labute approximate surface area is 111 Å². The standard InChI is InChI=1S/C14H29N3O/c1-13(2,17-8-6-15-7-9-17)12-16-14(3)4-10-18-11-5-14/h15-16H,4-12H2,1-3H3. The number of nitrogens with one attached hydrogen (secondary N) is 2. The summed E-state index contributed by atoms with van der Waals surface area (Å²) in [6, 6.07) is 0. The first kappa shape index (κ1) is 14.3. The van der Waals surface area contributed by atoms with Crippen molar-refractivity contribution in [3.05, 3.63) is 0 Å². The molecule has 0 aromatic carbocycles. The van der Waals surface area contributed by atoms with Crippen LogP contribution in [0.15, 0.2) is 0 Å². The normalized spacial score (nSPS) is 26.2. The summed E-state index contributed by atoms with van der Waals surface area (Å²) in [6.07, 6.45) is 2.26. The molecule has 0 spiro atoms. The lowest BCUT2D eigenvalue weighted by Crippen LogP contribution is -2.60. The van der Waals surface area contributed by atoms with Gasteiger partial charge in [0.25, 0.3) is 0 Å². The van der Waals surface area contributed by atoms with Crippen LogP contribution in [0.5, 0.6) is 0 Å². The number of hydrogen-bond donors (Lipinski definition) is 2. The quantitative estimate of drug-likeness (QED) is 0.780. The zero-order valence-corrected chi connectivity index (χ0v) is 12.2. The van der Waals surface area contributed by atoms with Crippen molar-refractivity contribution >= 4 is 0 Å². The number of hydrogen-bond acceptors (Lipinski definition) is 4. The Hall–Kier alpha value is -0.160. The predicted molar refractivity (Wildman–Crippen MR) is 75.0 cm³/mol. The molecule has 0 atom stereocenters. The molecular weight excluding hydrogens is 226 g/mol. The van der Waals surface area contributed by atoms with Crippen LogP contribution in [0.25, 0.3) is 0 Å². The Bertz CT molecular complexity index is 256. The van der Waals surface area contributed by atoms with Gasteiger partial charge in [-0.05, 0) is 33.6 Å². The van der Waals surface area contributed by atoms with E-state index in [-0.39, 0.29) is 11.1 Å². The van der Waals surface area contributed by atoms with Gasteiger partial charge in [-0.1, -0.05) is 0 Å². The van der Waals surface area contributed by atoms with Crippen molar-refractivity contribution in [1.82, 2.24) is 15.5 Å². The van der Waals surface area contributed by atoms with Crippen molar-refractivity contribution in [3.63, 3.8) is 0 Å². The van der Waals surface area contributed by atoms with Crippen LogP contribution in [0.4, 0.5) is 0 Å². The third kappa shape index (κ3) is 3.67. The minimum atomic E-state index is 0.239. The lowest BCUT2D eigenvalue weighted by Gasteiger charge is -2.44. The molecule has 0 aromatic rings. The van der Waals surface area contributed by atoms with Crippen LogP contribution in [0.3, 0.4) is 0 Å². The van der Waals surface area contributed by atoms with E-state index in [0.29, 0.717) is 0 Å². The van der Waals surface area contributed by atoms with Gasteiger partial charge in [0, 0.05) is 57.0 Å². The van der Waals surface area contributed by atoms with Crippen LogP contribution >= 0.6 is 0 Å². The average Bonchev–Trinajstić information content (AvgIpc) is 2.39. The minimum absolute atomic E-state index is 0.239. The molecule has 2 aliphatic heterocycles. The summed E-state index contributed by atoms with van der Waals surface area (Å²) in [6.45, 7) is 14.5. The molecule has 0 unspecified atom stereocenters. The fraction of sp³-hybridized carbons (Fsp3) is 1.00. The first-order valence-electron chi connectivity index (χ1n) is 7.30. The third-order valence-corrected chi connectivity index (χ3v) is 4.52. The second kappa shape index (κ2) is 5.87. The molecule has 0 aliphatic carbocycles. The van der Waals surface area contributed by atoms with Crippen molar-refractivity contribution < 1.29 is 4.74 Å². The van der Waals surface area contributed by atoms with Crippen molar-refractivity contribution in [2.45, 2.75) is 44.7 Å². The molecule has 0 radical (unpaired) electrons. The molecule has 2 saturated heterocycles. The second-order valence-corrected chi connectivity index (χ2v) is 6.58. The number of ether oxygens (including phenoxy) is 1. The highest BCUT2D eigenvalue weighted by atomic mass is 16.5. The van der Waals surface area contributed by atoms with Gasteiger partial charge < -0.3 is 15.4 Å². The van der Waals surface area contributed by atoms with Gasteiger partial charge >= 0.3 is 0 Å². The molecule has 0 bridgehead atoms. The summed E-state index contributed by atoms with van der Waals surface area (Å²) in [5.74, 6) is 0. The Morgan fingerprint density at radius 1 is 1.22 bits per heavy atom. The number of rotatable bonds is 4. The monoisotopic (exact) mass is 255 g/mol. The van der Waals surface area contributed by atoms with E-state index in [2.05, 4.69) is 36.3 Å². The Balaban J connectivity index is 1.83. The van der Waals surface area contributed by atoms with Gasteiger partial charge in [-0.25, -0.2) is 0 Å². The molecule has 2 aliphatic rings. The Kier molecular flexibility index (Phi) is 4.64. The molecule has 0 aromatic heterocycles. The lowest BCUT2D eigenvalue weighted by molar-refractivity contribution is 0.0329. The minimum Gasteiger partial charge on any atom is -0.381 e. The van der Waals surface area contributed by atoms with E-state index in [4.69, 9.17) is 4.74 Å². The summed E-state index contributed by atoms with van der Waals surface area (Å²) in [4.78, 5) is 2.60. The van der Waals surface area contributed by atoms with Crippen molar-refractivity contribution in [1.29, 1.82) is 0 Å². The topological polar surface area (TPSA) is 36.5 Å². The van der Waals surface area contributed by atoms with Gasteiger partial charge in [0.1, 0.15) is 0 Å². The maximum atomic E-state index is 5.45. The van der Waals surface area contributed by atoms with Gasteiger partial charge in [-0.3, -0.25) is 4.90 Å². The van der Waals surface area contributed by atoms with Crippen LogP contribution in [0, 0.1) is 0 Å². The van der Waals surface area contributed by atoms with Gasteiger partial charge in [0.2, 0.25) is 0 Å². The second-order valence-electron chi connectivity index (χ2n) is 6.58. The maximum absolute atomic E-state index is 5.45. The fourth-order valence-corrected chi connectivity index (χ4v) is 2.81. The molecule has 2 N–H and O–H groups in total. The van der Waals surface area contributed by atoms with Gasteiger partial charge in [-0.2, -0.15) is 0 Å². The summed E-state index contributed by atoms with van der Waals surface area (Å²) < 4.78 is 5.45. The van der Waals surface area contributed by atoms with E-state index in [1.807, 2.05) is 0 Å². The molecule has 4 heteroatoms. The van der Waals surface area contributed by atoms with E-state index in [1.54, 1.807) is 0 Å². The van der Waals surface area contributed by atoms with Gasteiger partial charge in [0.05, 0.1) is 0 Å². The zero-order valence-electron chi connectivity index (χ0n) is 12.2. The first-order chi connectivity index (χ1) is 8.52. The smallest absolute Gasteiger partial charge is 0.0483 e. The van der Waals surface area contributed by atoms with E-state index < -0.39 is 0 Å². The van der Waals surface area contributed by atoms with Crippen LogP contribution < -0.4 is 10.6 Å². The highest BCUT2D eigenvalue weighted by Gasteiger charge is 2.32. The largest absolute Gasteiger partial charge is 0.381 e. The molecule has 106 valence electrons. The van der Waals surface area contributed by atoms with Crippen LogP contribution in [-0.4, -0.2) is 61.9 Å². The number of nitrogens with zero attached hydrogens (tertiary/aromatic N) is 1. The van der Waals surface area contributed by atoms with E-state index >= 15 is 0 Å². The molecule has 4 nitrogen and oxygen atoms in total. The SMILES string of the molecule is CC1(NCC(C)(C)N2CCNCC2)CCOCC1. The molecule has 2 rings (SSSR count). The summed E-state index contributed by atoms with van der Waals surface area (Å²) in [7, 11) is 0. The zero-order chi connectivity index (χ0) is 13.1. The lowest BCUT2D eigenvalue weighted by atomic mass is 9.90. The van der Waals surface area contributed by atoms with Crippen LogP contribution in [0.1, 0.15) is 33.6 Å². The third-order valence-electron chi connectivity index (χ3n) is 4.52. The van der Waals surface area contributed by atoms with E-state index in [9.17, 15) is 0 Å². The molecular formula is C14H29N3O. The summed E-state index contributed by atoms with van der Waals surface area (Å²) in [5.41, 5.74) is 0.507. The van der Waals surface area contributed by atoms with E-state index in [1.165, 1.54) is 0 Å². The first-order valence-corrected chi connectivity index (χ1v) is 7.30. The van der Waals surface area contributed by atoms with Crippen molar-refractivity contribution in [2.24, 2.45) is 0 Å². The summed E-state index contributed by atoms with van der Waals surface area (Å²) >= 11 is 0. The van der Waals surface area contributed by atoms with Crippen LogP contribution in [0.2, 0.25) is 0 Å². The highest BCUT2D eigenvalue weighted by molar-refractivity contribution is 4.92. The molecule has 2 heterocycles.